The first kappa shape index (κ1) is 26.0. The molecule has 0 amide bonds. The Hall–Kier alpha value is -4.12. The Labute approximate surface area is 213 Å². The molecule has 1 aromatic carbocycles. The molecule has 0 aliphatic heterocycles. The minimum Gasteiger partial charge on any atom is -0.482 e. The number of nitrogens with one attached hydrogen (secondary N) is 3. The number of anilines is 1. The van der Waals surface area contributed by atoms with Crippen LogP contribution in [0.4, 0.5) is 23.4 Å². The van der Waals surface area contributed by atoms with E-state index in [4.69, 9.17) is 21.7 Å². The topological polar surface area (TPSA) is 92.0 Å². The molecule has 37 heavy (non-hydrogen) atoms. The van der Waals surface area contributed by atoms with Gasteiger partial charge in [0, 0.05) is 23.0 Å². The summed E-state index contributed by atoms with van der Waals surface area (Å²) in [4.78, 5) is 17.8. The number of rotatable bonds is 6. The van der Waals surface area contributed by atoms with Gasteiger partial charge in [-0.2, -0.15) is 13.2 Å². The van der Waals surface area contributed by atoms with Crippen molar-refractivity contribution in [2.45, 2.75) is 6.18 Å². The summed E-state index contributed by atoms with van der Waals surface area (Å²) < 4.78 is 59.4. The van der Waals surface area contributed by atoms with Crippen LogP contribution in [0.1, 0.15) is 5.56 Å². The highest BCUT2D eigenvalue weighted by molar-refractivity contribution is 6.30. The fraction of sp³-hybridized carbons (Fsp3) is 0.160. The number of benzene rings is 1. The van der Waals surface area contributed by atoms with Gasteiger partial charge in [-0.1, -0.05) is 17.7 Å². The fourth-order valence-corrected chi connectivity index (χ4v) is 3.93. The standard InChI is InChI=1S/C25H20ClF4N5O2/c1-32-23(37-2)18-9-13(3-8-20(18)31)17-10-14-11-19(27)21(33-12-25(28,29)30)34-22(14)35(24(17)36)16-6-4-15(26)5-7-16/h3-11,31-32H,12H2,1-2H3,(H,33,34)/b23-18+,31-20?. The van der Waals surface area contributed by atoms with Crippen LogP contribution in [0, 0.1) is 11.2 Å². The minimum atomic E-state index is -4.60. The number of fused-ring (bicyclic) bond motifs is 1. The van der Waals surface area contributed by atoms with E-state index in [0.29, 0.717) is 27.7 Å². The molecule has 3 aromatic rings. The lowest BCUT2D eigenvalue weighted by Crippen LogP contribution is -2.25. The maximum absolute atomic E-state index is 14.8. The highest BCUT2D eigenvalue weighted by Gasteiger charge is 2.28. The van der Waals surface area contributed by atoms with Crippen molar-refractivity contribution in [3.8, 4) is 5.69 Å². The molecule has 2 heterocycles. The van der Waals surface area contributed by atoms with Crippen LogP contribution in [0.2, 0.25) is 5.02 Å². The van der Waals surface area contributed by atoms with E-state index in [1.54, 1.807) is 19.2 Å². The Morgan fingerprint density at radius 2 is 1.89 bits per heavy atom. The Morgan fingerprint density at radius 1 is 1.19 bits per heavy atom. The van der Waals surface area contributed by atoms with E-state index >= 15 is 0 Å². The maximum Gasteiger partial charge on any atom is 0.405 e. The third-order valence-electron chi connectivity index (χ3n) is 5.48. The van der Waals surface area contributed by atoms with E-state index in [1.165, 1.54) is 48.1 Å². The molecule has 192 valence electrons. The first-order chi connectivity index (χ1) is 17.5. The average Bonchev–Trinajstić information content (AvgIpc) is 2.85. The molecule has 0 fully saturated rings. The smallest absolute Gasteiger partial charge is 0.405 e. The quantitative estimate of drug-likeness (QED) is 0.299. The van der Waals surface area contributed by atoms with E-state index in [9.17, 15) is 22.4 Å². The van der Waals surface area contributed by atoms with E-state index in [-0.39, 0.29) is 22.3 Å². The van der Waals surface area contributed by atoms with Crippen molar-refractivity contribution in [1.82, 2.24) is 14.9 Å². The van der Waals surface area contributed by atoms with Gasteiger partial charge in [0.15, 0.2) is 17.5 Å². The largest absolute Gasteiger partial charge is 0.482 e. The van der Waals surface area contributed by atoms with Crippen molar-refractivity contribution >= 4 is 39.7 Å². The zero-order chi connectivity index (χ0) is 26.9. The molecule has 12 heteroatoms. The first-order valence-corrected chi connectivity index (χ1v) is 11.2. The number of pyridine rings is 2. The molecule has 0 bridgehead atoms. The first-order valence-electron chi connectivity index (χ1n) is 10.8. The number of nitrogens with zero attached hydrogens (tertiary/aromatic N) is 2. The number of halogens is 5. The molecule has 7 nitrogen and oxygen atoms in total. The minimum absolute atomic E-state index is 0.0566. The number of allylic oxidation sites excluding steroid dienone is 5. The SMILES string of the molecule is CN/C(OC)=C1/C=C(c2cc3cc(F)c(NCC(F)(F)F)nc3n(-c3ccc(Cl)cc3)c2=O)C=CC1=N. The molecule has 3 N–H and O–H groups in total. The van der Waals surface area contributed by atoms with Crippen LogP contribution in [-0.2, 0) is 4.74 Å². The van der Waals surface area contributed by atoms with Crippen LogP contribution in [-0.4, -0.2) is 42.1 Å². The Kier molecular flexibility index (Phi) is 7.08. The normalized spacial score (nSPS) is 15.0. The molecule has 0 saturated carbocycles. The number of methoxy groups -OCH3 is 1. The predicted molar refractivity (Wildman–Crippen MR) is 135 cm³/mol. The molecule has 2 aromatic heterocycles. The summed E-state index contributed by atoms with van der Waals surface area (Å²) in [6.07, 6.45) is 0.0261. The van der Waals surface area contributed by atoms with E-state index in [0.717, 1.165) is 6.07 Å². The van der Waals surface area contributed by atoms with Crippen molar-refractivity contribution in [1.29, 1.82) is 5.41 Å². The number of hydrogen-bond donors (Lipinski definition) is 3. The summed E-state index contributed by atoms with van der Waals surface area (Å²) in [7, 11) is 3.05. The van der Waals surface area contributed by atoms with Gasteiger partial charge in [-0.15, -0.1) is 0 Å². The van der Waals surface area contributed by atoms with Gasteiger partial charge in [0.2, 0.25) is 0 Å². The lowest BCUT2D eigenvalue weighted by atomic mass is 9.95. The Morgan fingerprint density at radius 3 is 2.51 bits per heavy atom. The van der Waals surface area contributed by atoms with Crippen molar-refractivity contribution in [2.24, 2.45) is 0 Å². The van der Waals surface area contributed by atoms with Gasteiger partial charge in [0.05, 0.1) is 24.1 Å². The van der Waals surface area contributed by atoms with Gasteiger partial charge in [-0.3, -0.25) is 9.36 Å². The van der Waals surface area contributed by atoms with Gasteiger partial charge in [-0.25, -0.2) is 9.37 Å². The second kappa shape index (κ2) is 10.1. The zero-order valence-corrected chi connectivity index (χ0v) is 20.3. The van der Waals surface area contributed by atoms with Crippen LogP contribution in [0.3, 0.4) is 0 Å². The fourth-order valence-electron chi connectivity index (χ4n) is 3.80. The number of alkyl halides is 3. The molecule has 1 aliphatic carbocycles. The summed E-state index contributed by atoms with van der Waals surface area (Å²) in [5.41, 5.74) is 0.774. The second-order valence-electron chi connectivity index (χ2n) is 7.92. The number of hydrogen-bond acceptors (Lipinski definition) is 6. The van der Waals surface area contributed by atoms with Crippen molar-refractivity contribution in [3.63, 3.8) is 0 Å². The van der Waals surface area contributed by atoms with Gasteiger partial charge in [0.1, 0.15) is 12.2 Å². The van der Waals surface area contributed by atoms with E-state index in [1.807, 2.05) is 5.32 Å². The summed E-state index contributed by atoms with van der Waals surface area (Å²) in [5.74, 6) is -1.36. The Balaban J connectivity index is 2.00. The summed E-state index contributed by atoms with van der Waals surface area (Å²) in [6, 6.07) is 8.56. The Bertz CT molecular complexity index is 1530. The van der Waals surface area contributed by atoms with E-state index in [2.05, 4.69) is 10.3 Å². The van der Waals surface area contributed by atoms with E-state index < -0.39 is 29.9 Å². The molecule has 0 unspecified atom stereocenters. The number of ether oxygens (including phenoxy) is 1. The summed E-state index contributed by atoms with van der Waals surface area (Å²) in [6.45, 7) is -1.50. The monoisotopic (exact) mass is 533 g/mol. The van der Waals surface area contributed by atoms with Crippen molar-refractivity contribution < 1.29 is 22.3 Å². The highest BCUT2D eigenvalue weighted by Crippen LogP contribution is 2.28. The van der Waals surface area contributed by atoms with Crippen molar-refractivity contribution in [3.05, 3.63) is 92.8 Å². The van der Waals surface area contributed by atoms with Gasteiger partial charge in [0.25, 0.3) is 5.56 Å². The lowest BCUT2D eigenvalue weighted by molar-refractivity contribution is -0.115. The van der Waals surface area contributed by atoms with Crippen LogP contribution in [0.5, 0.6) is 0 Å². The van der Waals surface area contributed by atoms with Gasteiger partial charge in [-0.05, 0) is 54.1 Å². The molecule has 0 radical (unpaired) electrons. The van der Waals surface area contributed by atoms with Gasteiger partial charge >= 0.3 is 6.18 Å². The van der Waals surface area contributed by atoms with Crippen LogP contribution in [0.25, 0.3) is 22.3 Å². The average molecular weight is 534 g/mol. The van der Waals surface area contributed by atoms with Crippen molar-refractivity contribution in [2.75, 3.05) is 26.0 Å². The second-order valence-corrected chi connectivity index (χ2v) is 8.36. The van der Waals surface area contributed by atoms with Crippen LogP contribution >= 0.6 is 11.6 Å². The third kappa shape index (κ3) is 5.36. The third-order valence-corrected chi connectivity index (χ3v) is 5.73. The molecule has 0 spiro atoms. The summed E-state index contributed by atoms with van der Waals surface area (Å²) >= 11 is 6.00. The lowest BCUT2D eigenvalue weighted by Gasteiger charge is -2.18. The van der Waals surface area contributed by atoms with Gasteiger partial charge < -0.3 is 20.8 Å². The van der Waals surface area contributed by atoms with Crippen LogP contribution < -0.4 is 16.2 Å². The maximum atomic E-state index is 14.8. The molecular formula is C25H20ClF4N5O2. The summed E-state index contributed by atoms with van der Waals surface area (Å²) in [5, 5.41) is 13.6. The zero-order valence-electron chi connectivity index (χ0n) is 19.5. The molecule has 4 rings (SSSR count). The molecule has 0 atom stereocenters. The predicted octanol–water partition coefficient (Wildman–Crippen LogP) is 5.20. The number of aromatic nitrogens is 2. The highest BCUT2D eigenvalue weighted by atomic mass is 35.5. The molecular weight excluding hydrogens is 514 g/mol. The molecule has 1 aliphatic rings. The van der Waals surface area contributed by atoms with Crippen LogP contribution in [0.15, 0.2) is 70.9 Å². The molecule has 0 saturated heterocycles.